The molecule has 7 heteroatoms. The predicted octanol–water partition coefficient (Wildman–Crippen LogP) is 11.1. The van der Waals surface area contributed by atoms with Crippen molar-refractivity contribution in [3.8, 4) is 23.0 Å². The summed E-state index contributed by atoms with van der Waals surface area (Å²) in [5.74, 6) is 2.41. The standard InChI is InChI=1S/2C21H27NO2.Sn/c2*1-20(2,3)15-11-14(19(24)16(12-15)21(4,5)6)13-22-17-9-7-8-10-18(17)23;/h2*7-13,23-24H,1-6H3;/q;;+4/p-4. The van der Waals surface area contributed by atoms with Gasteiger partial charge in [-0.25, -0.2) is 0 Å². The SMILES string of the molecule is CC(C)(C)c1cc2c(c(C(C)(C)C)c1)[O][Sn]1([O]c3ccccc3N=C2)[O]c2ccccc2N=Cc2cc(C(C)(C)C)cc(C(C)(C)C)c2[O]1. The monoisotopic (exact) mass is 766 g/mol. The van der Waals surface area contributed by atoms with Crippen LogP contribution >= 0.6 is 0 Å². The van der Waals surface area contributed by atoms with Gasteiger partial charge >= 0.3 is 300 Å². The summed E-state index contributed by atoms with van der Waals surface area (Å²) in [5, 5.41) is 0. The molecule has 0 amide bonds. The molecule has 0 aliphatic carbocycles. The van der Waals surface area contributed by atoms with Crippen LogP contribution in [0.3, 0.4) is 0 Å². The van der Waals surface area contributed by atoms with E-state index >= 15 is 0 Å². The molecule has 0 bridgehead atoms. The Morgan fingerprint density at radius 1 is 0.449 bits per heavy atom. The number of benzene rings is 4. The van der Waals surface area contributed by atoms with Crippen molar-refractivity contribution in [1.29, 1.82) is 0 Å². The quantitative estimate of drug-likeness (QED) is 0.167. The number of aliphatic imine (C=N–C) groups is 2. The molecule has 0 N–H and O–H groups in total. The number of hydrogen-bond donors (Lipinski definition) is 0. The van der Waals surface area contributed by atoms with Gasteiger partial charge in [0.25, 0.3) is 0 Å². The van der Waals surface area contributed by atoms with Crippen LogP contribution in [0.4, 0.5) is 11.4 Å². The molecule has 4 aromatic rings. The first-order valence-corrected chi connectivity index (χ1v) is 21.8. The topological polar surface area (TPSA) is 61.6 Å². The van der Waals surface area contributed by atoms with E-state index in [2.05, 4.69) is 107 Å². The molecule has 1 spiro atoms. The van der Waals surface area contributed by atoms with E-state index in [0.29, 0.717) is 34.4 Å². The molecule has 0 aromatic heterocycles. The molecule has 0 unspecified atom stereocenters. The van der Waals surface area contributed by atoms with Crippen LogP contribution in [0.25, 0.3) is 0 Å². The molecule has 4 aromatic carbocycles. The Balaban J connectivity index is 1.72. The van der Waals surface area contributed by atoms with Crippen molar-refractivity contribution in [2.75, 3.05) is 0 Å². The van der Waals surface area contributed by atoms with Gasteiger partial charge in [-0.15, -0.1) is 0 Å². The Hall–Kier alpha value is -3.78. The van der Waals surface area contributed by atoms with Crippen molar-refractivity contribution in [1.82, 2.24) is 0 Å². The Kier molecular flexibility index (Phi) is 8.74. The maximum absolute atomic E-state index is 7.39. The number of para-hydroxylation sites is 4. The molecule has 256 valence electrons. The van der Waals surface area contributed by atoms with Gasteiger partial charge in [0.05, 0.1) is 0 Å². The zero-order chi connectivity index (χ0) is 35.6. The summed E-state index contributed by atoms with van der Waals surface area (Å²) in [4.78, 5) is 9.97. The third-order valence-electron chi connectivity index (χ3n) is 8.92. The van der Waals surface area contributed by atoms with E-state index in [0.717, 1.165) is 22.3 Å². The van der Waals surface area contributed by atoms with Crippen LogP contribution in [0.1, 0.15) is 116 Å². The molecular formula is C42H50N2O4Sn. The summed E-state index contributed by atoms with van der Waals surface area (Å²) >= 11 is -5.43. The van der Waals surface area contributed by atoms with E-state index in [-0.39, 0.29) is 21.7 Å². The van der Waals surface area contributed by atoms with E-state index in [1.807, 2.05) is 61.0 Å². The fraction of sp³-hybridized carbons (Fsp3) is 0.381. The maximum atomic E-state index is 7.39. The van der Waals surface area contributed by atoms with Crippen LogP contribution in [0.15, 0.2) is 82.8 Å². The van der Waals surface area contributed by atoms with Crippen LogP contribution in [0, 0.1) is 0 Å². The number of fused-ring (bicyclic) bond motifs is 4. The Morgan fingerprint density at radius 3 is 1.16 bits per heavy atom. The molecule has 2 aliphatic heterocycles. The van der Waals surface area contributed by atoms with Gasteiger partial charge in [-0.05, 0) is 0 Å². The minimum absolute atomic E-state index is 0.108. The molecule has 2 heterocycles. The second-order valence-corrected chi connectivity index (χ2v) is 22.4. The van der Waals surface area contributed by atoms with Gasteiger partial charge in [-0.1, -0.05) is 0 Å². The zero-order valence-electron chi connectivity index (χ0n) is 31.1. The average Bonchev–Trinajstić information content (AvgIpc) is 3.09. The molecule has 49 heavy (non-hydrogen) atoms. The Bertz CT molecular complexity index is 1820. The van der Waals surface area contributed by atoms with Gasteiger partial charge < -0.3 is 0 Å². The fourth-order valence-corrected chi connectivity index (χ4v) is 11.9. The van der Waals surface area contributed by atoms with Gasteiger partial charge in [0, 0.05) is 0 Å². The van der Waals surface area contributed by atoms with Gasteiger partial charge in [0.2, 0.25) is 0 Å². The summed E-state index contributed by atoms with van der Waals surface area (Å²) in [5.41, 5.74) is 6.69. The van der Waals surface area contributed by atoms with E-state index in [9.17, 15) is 0 Å². The molecule has 6 nitrogen and oxygen atoms in total. The third kappa shape index (κ3) is 7.26. The van der Waals surface area contributed by atoms with Crippen LogP contribution < -0.4 is 12.3 Å². The van der Waals surface area contributed by atoms with Crippen molar-refractivity contribution < 1.29 is 12.3 Å². The second-order valence-electron chi connectivity index (χ2n) is 17.2. The van der Waals surface area contributed by atoms with Gasteiger partial charge in [0.15, 0.2) is 0 Å². The molecule has 0 fully saturated rings. The normalized spacial score (nSPS) is 17.6. The molecule has 0 radical (unpaired) electrons. The molecule has 6 rings (SSSR count). The van der Waals surface area contributed by atoms with E-state index < -0.39 is 20.0 Å². The first-order chi connectivity index (χ1) is 22.7. The van der Waals surface area contributed by atoms with E-state index in [1.165, 1.54) is 11.1 Å². The van der Waals surface area contributed by atoms with Crippen LogP contribution in [-0.2, 0) is 21.7 Å². The Labute approximate surface area is 298 Å². The molecule has 2 aliphatic rings. The van der Waals surface area contributed by atoms with Gasteiger partial charge in [-0.3, -0.25) is 0 Å². The van der Waals surface area contributed by atoms with Crippen molar-refractivity contribution in [3.05, 3.63) is 106 Å². The summed E-state index contributed by atoms with van der Waals surface area (Å²) < 4.78 is 29.0. The molecule has 0 atom stereocenters. The number of nitrogens with zero attached hydrogens (tertiary/aromatic N) is 2. The minimum atomic E-state index is -5.43. The summed E-state index contributed by atoms with van der Waals surface area (Å²) in [6.45, 7) is 26.6. The van der Waals surface area contributed by atoms with Gasteiger partial charge in [0.1, 0.15) is 0 Å². The summed E-state index contributed by atoms with van der Waals surface area (Å²) in [6, 6.07) is 24.4. The first-order valence-electron chi connectivity index (χ1n) is 17.1. The average molecular weight is 766 g/mol. The van der Waals surface area contributed by atoms with Crippen molar-refractivity contribution in [2.45, 2.75) is 105 Å². The Morgan fingerprint density at radius 2 is 0.816 bits per heavy atom. The van der Waals surface area contributed by atoms with Crippen LogP contribution in [0.5, 0.6) is 23.0 Å². The van der Waals surface area contributed by atoms with Crippen LogP contribution in [-0.4, -0.2) is 32.5 Å². The second kappa shape index (κ2) is 12.2. The van der Waals surface area contributed by atoms with Crippen molar-refractivity contribution in [2.24, 2.45) is 9.98 Å². The summed E-state index contributed by atoms with van der Waals surface area (Å²) in [7, 11) is 0. The van der Waals surface area contributed by atoms with Crippen LogP contribution in [0.2, 0.25) is 0 Å². The number of hydrogen-bond acceptors (Lipinski definition) is 6. The first kappa shape index (κ1) is 35.1. The fourth-order valence-electron chi connectivity index (χ4n) is 5.93. The number of rotatable bonds is 0. The molecule has 0 saturated heterocycles. The zero-order valence-corrected chi connectivity index (χ0v) is 34.0. The van der Waals surface area contributed by atoms with E-state index in [4.69, 9.17) is 22.3 Å². The van der Waals surface area contributed by atoms with E-state index in [1.54, 1.807) is 0 Å². The molecular weight excluding hydrogens is 715 g/mol. The third-order valence-corrected chi connectivity index (χ3v) is 14.2. The van der Waals surface area contributed by atoms with Crippen molar-refractivity contribution >= 4 is 43.8 Å². The van der Waals surface area contributed by atoms with Gasteiger partial charge in [-0.2, -0.15) is 0 Å². The molecule has 0 saturated carbocycles. The predicted molar refractivity (Wildman–Crippen MR) is 203 cm³/mol. The van der Waals surface area contributed by atoms with Crippen molar-refractivity contribution in [3.63, 3.8) is 0 Å². The summed E-state index contributed by atoms with van der Waals surface area (Å²) in [6.07, 6.45) is 3.78.